The Labute approximate surface area is 105 Å². The summed E-state index contributed by atoms with van der Waals surface area (Å²) in [5.74, 6) is 1.11. The molecule has 0 spiro atoms. The highest BCUT2D eigenvalue weighted by Crippen LogP contribution is 2.20. The summed E-state index contributed by atoms with van der Waals surface area (Å²) < 4.78 is 0.714. The van der Waals surface area contributed by atoms with E-state index in [0.29, 0.717) is 17.3 Å². The van der Waals surface area contributed by atoms with E-state index in [-0.39, 0.29) is 5.91 Å². The normalized spacial score (nSPS) is 17.4. The number of thioether (sulfide) groups is 1. The van der Waals surface area contributed by atoms with Crippen LogP contribution in [-0.4, -0.2) is 20.9 Å². The van der Waals surface area contributed by atoms with E-state index in [2.05, 4.69) is 0 Å². The van der Waals surface area contributed by atoms with E-state index in [0.717, 1.165) is 17.7 Å². The molecule has 1 aromatic carbocycles. The van der Waals surface area contributed by atoms with Gasteiger partial charge in [0.05, 0.1) is 6.54 Å². The van der Waals surface area contributed by atoms with Crippen molar-refractivity contribution in [2.45, 2.75) is 19.4 Å². The third-order valence-electron chi connectivity index (χ3n) is 2.47. The Morgan fingerprint density at radius 3 is 2.81 bits per heavy atom. The lowest BCUT2D eigenvalue weighted by atomic mass is 10.2. The Morgan fingerprint density at radius 1 is 1.31 bits per heavy atom. The van der Waals surface area contributed by atoms with Gasteiger partial charge in [-0.1, -0.05) is 54.3 Å². The number of rotatable bonds is 2. The Morgan fingerprint density at radius 2 is 2.06 bits per heavy atom. The van der Waals surface area contributed by atoms with Gasteiger partial charge in [-0.05, 0) is 12.0 Å². The molecule has 1 heterocycles. The second kappa shape index (κ2) is 5.46. The Bertz CT molecular complexity index is 373. The van der Waals surface area contributed by atoms with E-state index in [4.69, 9.17) is 12.2 Å². The van der Waals surface area contributed by atoms with Crippen LogP contribution in [0.5, 0.6) is 0 Å². The van der Waals surface area contributed by atoms with Crippen LogP contribution in [0.15, 0.2) is 30.3 Å². The molecule has 0 radical (unpaired) electrons. The van der Waals surface area contributed by atoms with Crippen molar-refractivity contribution in [1.29, 1.82) is 0 Å². The quantitative estimate of drug-likeness (QED) is 0.754. The van der Waals surface area contributed by atoms with Crippen molar-refractivity contribution >= 4 is 34.2 Å². The molecule has 16 heavy (non-hydrogen) atoms. The fraction of sp³-hybridized carbons (Fsp3) is 0.333. The van der Waals surface area contributed by atoms with E-state index < -0.39 is 0 Å². The largest absolute Gasteiger partial charge is 0.293 e. The predicted octanol–water partition coefficient (Wildman–Crippen LogP) is 2.83. The van der Waals surface area contributed by atoms with Crippen LogP contribution in [0.25, 0.3) is 0 Å². The molecule has 2 nitrogen and oxygen atoms in total. The summed E-state index contributed by atoms with van der Waals surface area (Å²) in [5, 5.41) is 0. The van der Waals surface area contributed by atoms with Crippen LogP contribution >= 0.6 is 24.0 Å². The molecule has 1 amide bonds. The van der Waals surface area contributed by atoms with Gasteiger partial charge < -0.3 is 0 Å². The summed E-state index contributed by atoms with van der Waals surface area (Å²) in [6, 6.07) is 9.97. The van der Waals surface area contributed by atoms with E-state index in [9.17, 15) is 4.79 Å². The molecule has 0 bridgehead atoms. The van der Waals surface area contributed by atoms with Crippen molar-refractivity contribution in [2.24, 2.45) is 0 Å². The average Bonchev–Trinajstić information content (AvgIpc) is 2.46. The first-order chi connectivity index (χ1) is 7.77. The number of carbonyl (C=O) groups is 1. The van der Waals surface area contributed by atoms with Gasteiger partial charge in [0.2, 0.25) is 5.91 Å². The summed E-state index contributed by atoms with van der Waals surface area (Å²) >= 11 is 6.86. The Balaban J connectivity index is 2.12. The molecule has 0 atom stereocenters. The molecule has 1 fully saturated rings. The molecule has 1 aromatic rings. The van der Waals surface area contributed by atoms with Gasteiger partial charge >= 0.3 is 0 Å². The van der Waals surface area contributed by atoms with Crippen LogP contribution in [0, 0.1) is 0 Å². The monoisotopic (exact) mass is 251 g/mol. The van der Waals surface area contributed by atoms with Crippen molar-refractivity contribution < 1.29 is 4.79 Å². The molecule has 1 aliphatic heterocycles. The van der Waals surface area contributed by atoms with Crippen molar-refractivity contribution in [2.75, 3.05) is 5.75 Å². The van der Waals surface area contributed by atoms with Gasteiger partial charge in [-0.2, -0.15) is 0 Å². The van der Waals surface area contributed by atoms with Gasteiger partial charge in [0, 0.05) is 12.2 Å². The van der Waals surface area contributed by atoms with Crippen molar-refractivity contribution in [3.05, 3.63) is 35.9 Å². The third-order valence-corrected chi connectivity index (χ3v) is 4.00. The number of thiocarbonyl (C=S) groups is 1. The lowest BCUT2D eigenvalue weighted by Crippen LogP contribution is -2.31. The molecule has 0 unspecified atom stereocenters. The number of carbonyl (C=O) groups excluding carboxylic acids is 1. The van der Waals surface area contributed by atoms with E-state index in [1.54, 1.807) is 16.7 Å². The van der Waals surface area contributed by atoms with Gasteiger partial charge in [-0.3, -0.25) is 9.69 Å². The molecule has 0 N–H and O–H groups in total. The molecule has 0 aliphatic carbocycles. The van der Waals surface area contributed by atoms with Crippen LogP contribution in [0.3, 0.4) is 0 Å². The SMILES string of the molecule is O=C1CCCSC(=S)N1Cc1ccccc1. The molecular formula is C12H13NOS2. The Kier molecular flexibility index (Phi) is 3.96. The van der Waals surface area contributed by atoms with Crippen molar-refractivity contribution in [3.63, 3.8) is 0 Å². The van der Waals surface area contributed by atoms with E-state index in [1.165, 1.54) is 0 Å². The first-order valence-electron chi connectivity index (χ1n) is 5.28. The van der Waals surface area contributed by atoms with Crippen molar-refractivity contribution in [1.82, 2.24) is 4.90 Å². The molecule has 84 valence electrons. The van der Waals surface area contributed by atoms with Crippen molar-refractivity contribution in [3.8, 4) is 0 Å². The summed E-state index contributed by atoms with van der Waals surface area (Å²) in [4.78, 5) is 13.6. The molecule has 0 saturated carbocycles. The maximum absolute atomic E-state index is 11.9. The van der Waals surface area contributed by atoms with Crippen LogP contribution in [0.1, 0.15) is 18.4 Å². The second-order valence-electron chi connectivity index (χ2n) is 3.68. The van der Waals surface area contributed by atoms with Crippen LogP contribution in [0.4, 0.5) is 0 Å². The summed E-state index contributed by atoms with van der Waals surface area (Å²) in [7, 11) is 0. The summed E-state index contributed by atoms with van der Waals surface area (Å²) in [5.41, 5.74) is 1.13. The number of amides is 1. The maximum atomic E-state index is 11.9. The van der Waals surface area contributed by atoms with Gasteiger partial charge in [0.25, 0.3) is 0 Å². The second-order valence-corrected chi connectivity index (χ2v) is 5.41. The fourth-order valence-corrected chi connectivity index (χ4v) is 2.82. The summed E-state index contributed by atoms with van der Waals surface area (Å²) in [6.45, 7) is 0.603. The highest BCUT2D eigenvalue weighted by molar-refractivity contribution is 8.22. The standard InChI is InChI=1S/C12H13NOS2/c14-11-7-4-8-16-12(15)13(11)9-10-5-2-1-3-6-10/h1-3,5-6H,4,7-9H2. The zero-order chi connectivity index (χ0) is 11.4. The number of benzene rings is 1. The van der Waals surface area contributed by atoms with Gasteiger partial charge in [-0.15, -0.1) is 0 Å². The average molecular weight is 251 g/mol. The van der Waals surface area contributed by atoms with E-state index >= 15 is 0 Å². The van der Waals surface area contributed by atoms with Gasteiger partial charge in [-0.25, -0.2) is 0 Å². The summed E-state index contributed by atoms with van der Waals surface area (Å²) in [6.07, 6.45) is 1.54. The fourth-order valence-electron chi connectivity index (χ4n) is 1.62. The van der Waals surface area contributed by atoms with E-state index in [1.807, 2.05) is 30.3 Å². The molecule has 4 heteroatoms. The predicted molar refractivity (Wildman–Crippen MR) is 71.3 cm³/mol. The molecule has 1 saturated heterocycles. The lowest BCUT2D eigenvalue weighted by Gasteiger charge is -2.20. The first-order valence-corrected chi connectivity index (χ1v) is 6.68. The number of hydrogen-bond donors (Lipinski definition) is 0. The Hall–Kier alpha value is -0.870. The van der Waals surface area contributed by atoms with Gasteiger partial charge in [0.1, 0.15) is 4.32 Å². The first kappa shape index (κ1) is 11.6. The minimum absolute atomic E-state index is 0.152. The smallest absolute Gasteiger partial charge is 0.228 e. The van der Waals surface area contributed by atoms with Crippen LogP contribution in [-0.2, 0) is 11.3 Å². The zero-order valence-corrected chi connectivity index (χ0v) is 10.5. The highest BCUT2D eigenvalue weighted by Gasteiger charge is 2.21. The molecular weight excluding hydrogens is 238 g/mol. The minimum Gasteiger partial charge on any atom is -0.293 e. The highest BCUT2D eigenvalue weighted by atomic mass is 32.2. The number of hydrogen-bond acceptors (Lipinski definition) is 3. The molecule has 0 aromatic heterocycles. The molecule has 2 rings (SSSR count). The zero-order valence-electron chi connectivity index (χ0n) is 8.89. The van der Waals surface area contributed by atoms with Gasteiger partial charge in [0.15, 0.2) is 0 Å². The minimum atomic E-state index is 0.152. The number of nitrogens with zero attached hydrogens (tertiary/aromatic N) is 1. The van der Waals surface area contributed by atoms with Crippen LogP contribution < -0.4 is 0 Å². The maximum Gasteiger partial charge on any atom is 0.228 e. The lowest BCUT2D eigenvalue weighted by molar-refractivity contribution is -0.127. The third kappa shape index (κ3) is 2.83. The molecule has 1 aliphatic rings. The van der Waals surface area contributed by atoms with Crippen LogP contribution in [0.2, 0.25) is 0 Å². The topological polar surface area (TPSA) is 20.3 Å².